The van der Waals surface area contributed by atoms with E-state index in [9.17, 15) is 18.0 Å². The van der Waals surface area contributed by atoms with Crippen LogP contribution in [0.15, 0.2) is 12.1 Å². The molecule has 1 heterocycles. The molecule has 120 valence electrons. The average Bonchev–Trinajstić information content (AvgIpc) is 2.25. The van der Waals surface area contributed by atoms with Gasteiger partial charge in [-0.15, -0.1) is 0 Å². The number of alkyl halides is 3. The Bertz CT molecular complexity index is 597. The van der Waals surface area contributed by atoms with Crippen molar-refractivity contribution < 1.29 is 31.1 Å². The maximum absolute atomic E-state index is 12.3. The first-order chi connectivity index (χ1) is 9.36. The van der Waals surface area contributed by atoms with Gasteiger partial charge in [-0.2, -0.15) is 21.6 Å². The van der Waals surface area contributed by atoms with Gasteiger partial charge in [0.1, 0.15) is 5.69 Å². The van der Waals surface area contributed by atoms with Crippen LogP contribution in [-0.4, -0.2) is 26.0 Å². The van der Waals surface area contributed by atoms with Crippen molar-refractivity contribution in [2.75, 3.05) is 6.61 Å². The predicted molar refractivity (Wildman–Crippen MR) is 70.6 cm³/mol. The number of nitrogens with zero attached hydrogens (tertiary/aromatic N) is 1. The highest BCUT2D eigenvalue weighted by molar-refractivity contribution is 8.31. The molecule has 0 spiro atoms. The molecule has 21 heavy (non-hydrogen) atoms. The number of aryl methyl sites for hydroxylation is 1. The average molecular weight is 368 g/mol. The van der Waals surface area contributed by atoms with Crippen LogP contribution in [0.5, 0.6) is 0 Å². The summed E-state index contributed by atoms with van der Waals surface area (Å²) in [5, 5.41) is 0. The lowest BCUT2D eigenvalue weighted by Crippen LogP contribution is -2.13. The first kappa shape index (κ1) is 19.9. The summed E-state index contributed by atoms with van der Waals surface area (Å²) >= 11 is 0. The summed E-state index contributed by atoms with van der Waals surface area (Å²) in [5.74, 6) is -0.666. The maximum atomic E-state index is 12.3. The van der Waals surface area contributed by atoms with E-state index < -0.39 is 26.1 Å². The van der Waals surface area contributed by atoms with Crippen LogP contribution in [0.2, 0.25) is 0 Å². The highest BCUT2D eigenvalue weighted by Gasteiger charge is 2.33. The fraction of sp³-hybridized carbons (Fsp3) is 0.400. The Morgan fingerprint density at radius 2 is 1.81 bits per heavy atom. The third-order valence-corrected chi connectivity index (χ3v) is 1.87. The standard InChI is InChI=1S/C10H10F3NO2.Cl2O2S/c1-3-16-9(15)7-4-5-8(10(11,12)13)14-6(7)2;1-5(2,3)4/h4-5H,3H2,1-2H3;. The van der Waals surface area contributed by atoms with Crippen LogP contribution in [0.1, 0.15) is 28.7 Å². The molecular formula is C10H10Cl2F3NO4S. The Kier molecular flexibility index (Phi) is 7.41. The predicted octanol–water partition coefficient (Wildman–Crippen LogP) is 3.29. The zero-order valence-electron chi connectivity index (χ0n) is 10.7. The van der Waals surface area contributed by atoms with Crippen LogP contribution < -0.4 is 0 Å². The van der Waals surface area contributed by atoms with Gasteiger partial charge in [0.2, 0.25) is 0 Å². The molecule has 0 unspecified atom stereocenters. The minimum atomic E-state index is -4.50. The van der Waals surface area contributed by atoms with Gasteiger partial charge in [0.15, 0.2) is 0 Å². The minimum Gasteiger partial charge on any atom is -0.462 e. The first-order valence-electron chi connectivity index (χ1n) is 5.22. The molecule has 0 aliphatic heterocycles. The van der Waals surface area contributed by atoms with Gasteiger partial charge in [0.05, 0.1) is 17.9 Å². The fourth-order valence-electron chi connectivity index (χ4n) is 1.14. The summed E-state index contributed by atoms with van der Waals surface area (Å²) in [6.07, 6.45) is -4.50. The van der Waals surface area contributed by atoms with Crippen LogP contribution in [0.4, 0.5) is 13.2 Å². The molecule has 0 N–H and O–H groups in total. The van der Waals surface area contributed by atoms with E-state index in [-0.39, 0.29) is 17.9 Å². The highest BCUT2D eigenvalue weighted by atomic mass is 36.0. The van der Waals surface area contributed by atoms with E-state index in [4.69, 9.17) is 8.42 Å². The van der Waals surface area contributed by atoms with Crippen molar-refractivity contribution >= 4 is 35.6 Å². The van der Waals surface area contributed by atoms with E-state index >= 15 is 0 Å². The third kappa shape index (κ3) is 8.74. The number of hydrogen-bond acceptors (Lipinski definition) is 5. The van der Waals surface area contributed by atoms with Crippen molar-refractivity contribution in [3.05, 3.63) is 29.1 Å². The van der Waals surface area contributed by atoms with E-state index in [0.717, 1.165) is 12.1 Å². The van der Waals surface area contributed by atoms with E-state index in [0.29, 0.717) is 0 Å². The molecule has 0 bridgehead atoms. The Labute approximate surface area is 127 Å². The summed E-state index contributed by atoms with van der Waals surface area (Å²) in [4.78, 5) is 14.6. The lowest BCUT2D eigenvalue weighted by Gasteiger charge is -2.09. The summed E-state index contributed by atoms with van der Waals surface area (Å²) < 4.78 is 59.8. The number of ether oxygens (including phenoxy) is 1. The van der Waals surface area contributed by atoms with Crippen LogP contribution in [0, 0.1) is 6.92 Å². The monoisotopic (exact) mass is 367 g/mol. The number of aromatic nitrogens is 1. The van der Waals surface area contributed by atoms with Gasteiger partial charge < -0.3 is 4.74 Å². The summed E-state index contributed by atoms with van der Waals surface area (Å²) in [7, 11) is 4.81. The van der Waals surface area contributed by atoms with Crippen LogP contribution in [-0.2, 0) is 19.2 Å². The molecule has 0 aromatic carbocycles. The number of carbonyl (C=O) groups is 1. The molecule has 0 aliphatic carbocycles. The molecule has 0 atom stereocenters. The Morgan fingerprint density at radius 3 is 2.14 bits per heavy atom. The van der Waals surface area contributed by atoms with Crippen molar-refractivity contribution in [1.82, 2.24) is 4.98 Å². The van der Waals surface area contributed by atoms with Gasteiger partial charge in [-0.3, -0.25) is 0 Å². The number of hydrogen-bond donors (Lipinski definition) is 0. The number of rotatable bonds is 2. The molecule has 1 rings (SSSR count). The number of pyridine rings is 1. The highest BCUT2D eigenvalue weighted by Crippen LogP contribution is 2.28. The largest absolute Gasteiger partial charge is 0.462 e. The van der Waals surface area contributed by atoms with E-state index in [1.807, 2.05) is 0 Å². The number of halogens is 5. The zero-order valence-corrected chi connectivity index (χ0v) is 13.1. The molecule has 0 saturated heterocycles. The molecule has 11 heteroatoms. The third-order valence-electron chi connectivity index (χ3n) is 1.87. The Morgan fingerprint density at radius 1 is 1.33 bits per heavy atom. The van der Waals surface area contributed by atoms with E-state index in [2.05, 4.69) is 31.1 Å². The molecule has 0 radical (unpaired) electrons. The van der Waals surface area contributed by atoms with Crippen molar-refractivity contribution in [3.8, 4) is 0 Å². The van der Waals surface area contributed by atoms with Crippen LogP contribution >= 0.6 is 21.4 Å². The van der Waals surface area contributed by atoms with Gasteiger partial charge in [-0.05, 0) is 26.0 Å². The quantitative estimate of drug-likeness (QED) is 0.592. The Hall–Kier alpha value is -1.06. The molecule has 0 amide bonds. The van der Waals surface area contributed by atoms with Crippen molar-refractivity contribution in [1.29, 1.82) is 0 Å². The molecule has 5 nitrogen and oxygen atoms in total. The minimum absolute atomic E-state index is 0.00766. The lowest BCUT2D eigenvalue weighted by molar-refractivity contribution is -0.141. The molecule has 0 saturated carbocycles. The SMILES string of the molecule is CCOC(=O)c1ccc(C(F)(F)F)nc1C.O=S(=O)(Cl)Cl. The Balaban J connectivity index is 0.000000690. The summed E-state index contributed by atoms with van der Waals surface area (Å²) in [6.45, 7) is 3.12. The van der Waals surface area contributed by atoms with Crippen LogP contribution in [0.25, 0.3) is 0 Å². The second-order valence-electron chi connectivity index (χ2n) is 3.43. The van der Waals surface area contributed by atoms with Gasteiger partial charge in [0, 0.05) is 21.4 Å². The van der Waals surface area contributed by atoms with E-state index in [1.54, 1.807) is 6.92 Å². The maximum Gasteiger partial charge on any atom is 0.433 e. The fourth-order valence-corrected chi connectivity index (χ4v) is 1.14. The van der Waals surface area contributed by atoms with E-state index in [1.165, 1.54) is 6.92 Å². The summed E-state index contributed by atoms with van der Waals surface area (Å²) in [5.41, 5.74) is -0.957. The van der Waals surface area contributed by atoms with Crippen molar-refractivity contribution in [3.63, 3.8) is 0 Å². The van der Waals surface area contributed by atoms with Crippen molar-refractivity contribution in [2.45, 2.75) is 20.0 Å². The number of esters is 1. The second-order valence-corrected chi connectivity index (χ2v) is 7.09. The molecule has 0 fully saturated rings. The zero-order chi connectivity index (χ0) is 16.8. The normalized spacial score (nSPS) is 11.4. The van der Waals surface area contributed by atoms with Crippen LogP contribution in [0.3, 0.4) is 0 Å². The summed E-state index contributed by atoms with van der Waals surface area (Å²) in [6, 6.07) is 1.84. The first-order valence-corrected chi connectivity index (χ1v) is 8.36. The topological polar surface area (TPSA) is 73.3 Å². The van der Waals surface area contributed by atoms with Gasteiger partial charge in [-0.1, -0.05) is 0 Å². The van der Waals surface area contributed by atoms with Crippen molar-refractivity contribution in [2.24, 2.45) is 0 Å². The van der Waals surface area contributed by atoms with Gasteiger partial charge in [-0.25, -0.2) is 9.78 Å². The molecule has 0 aliphatic rings. The lowest BCUT2D eigenvalue weighted by atomic mass is 10.2. The molecular weight excluding hydrogens is 358 g/mol. The molecule has 1 aromatic rings. The van der Waals surface area contributed by atoms with Gasteiger partial charge >= 0.3 is 20.4 Å². The number of carbonyl (C=O) groups excluding carboxylic acids is 1. The second kappa shape index (κ2) is 7.81. The molecule has 1 aromatic heterocycles. The van der Waals surface area contributed by atoms with Gasteiger partial charge in [0.25, 0.3) is 0 Å². The smallest absolute Gasteiger partial charge is 0.433 e.